The van der Waals surface area contributed by atoms with E-state index in [0.29, 0.717) is 18.0 Å². The Balaban J connectivity index is 0.00000361. The van der Waals surface area contributed by atoms with Gasteiger partial charge >= 0.3 is 29.6 Å². The third-order valence-electron chi connectivity index (χ3n) is 2.85. The third-order valence-corrected chi connectivity index (χ3v) is 2.85. The van der Waals surface area contributed by atoms with Gasteiger partial charge in [-0.05, 0) is 36.8 Å². The van der Waals surface area contributed by atoms with E-state index in [1.165, 1.54) is 0 Å². The molecule has 0 bridgehead atoms. The van der Waals surface area contributed by atoms with Crippen LogP contribution >= 0.6 is 0 Å². The van der Waals surface area contributed by atoms with Crippen molar-refractivity contribution in [2.75, 3.05) is 6.54 Å². The quantitative estimate of drug-likeness (QED) is 0.602. The average Bonchev–Trinajstić information content (AvgIpc) is 2.35. The van der Waals surface area contributed by atoms with Crippen LogP contribution in [0.5, 0.6) is 0 Å². The Morgan fingerprint density at radius 2 is 1.80 bits per heavy atom. The Bertz CT molecular complexity index is 420. The normalized spacial score (nSPS) is 11.6. The maximum Gasteiger partial charge on any atom is 1.00 e. The number of carbonyl (C=O) groups is 2. The van der Waals surface area contributed by atoms with Gasteiger partial charge in [0.25, 0.3) is 5.91 Å². The van der Waals surface area contributed by atoms with E-state index in [-0.39, 0.29) is 47.8 Å². The molecule has 0 heterocycles. The standard InChI is InChI=1S/C15H21NO3.Na/c1-11(2)8-12(9-14(17)18)10-16-15(19)13-6-4-3-5-7-13;/h3-7,11-12H,8-10H2,1-2H3,(H,16,19)(H,17,18);/q;+1/p-1/t12-;/m0./s1. The van der Waals surface area contributed by atoms with Crippen LogP contribution in [0.25, 0.3) is 0 Å². The molecule has 0 saturated heterocycles. The molecule has 1 rings (SSSR count). The molecule has 1 amide bonds. The van der Waals surface area contributed by atoms with Crippen LogP contribution < -0.4 is 40.0 Å². The van der Waals surface area contributed by atoms with Gasteiger partial charge in [0, 0.05) is 18.1 Å². The fourth-order valence-corrected chi connectivity index (χ4v) is 2.07. The van der Waals surface area contributed by atoms with E-state index >= 15 is 0 Å². The number of carbonyl (C=O) groups excluding carboxylic acids is 2. The number of carboxylic acids is 1. The van der Waals surface area contributed by atoms with Crippen LogP contribution in [0, 0.1) is 11.8 Å². The van der Waals surface area contributed by atoms with Crippen molar-refractivity contribution < 1.29 is 44.3 Å². The molecular formula is C15H20NNaO3. The van der Waals surface area contributed by atoms with E-state index in [0.717, 1.165) is 6.42 Å². The first-order valence-corrected chi connectivity index (χ1v) is 6.52. The molecule has 1 aromatic carbocycles. The summed E-state index contributed by atoms with van der Waals surface area (Å²) in [5.41, 5.74) is 0.583. The Morgan fingerprint density at radius 1 is 1.20 bits per heavy atom. The molecule has 0 unspecified atom stereocenters. The summed E-state index contributed by atoms with van der Waals surface area (Å²) in [4.78, 5) is 22.5. The number of hydrogen-bond acceptors (Lipinski definition) is 3. The topological polar surface area (TPSA) is 69.2 Å². The maximum atomic E-state index is 11.8. The summed E-state index contributed by atoms with van der Waals surface area (Å²) in [5.74, 6) is -0.942. The van der Waals surface area contributed by atoms with Crippen molar-refractivity contribution in [3.8, 4) is 0 Å². The molecule has 0 fully saturated rings. The average molecular weight is 285 g/mol. The molecule has 1 atom stereocenters. The van der Waals surface area contributed by atoms with E-state index in [2.05, 4.69) is 5.32 Å². The van der Waals surface area contributed by atoms with E-state index in [1.54, 1.807) is 24.3 Å². The fraction of sp³-hybridized carbons (Fsp3) is 0.467. The van der Waals surface area contributed by atoms with Gasteiger partial charge in [-0.15, -0.1) is 0 Å². The third kappa shape index (κ3) is 7.68. The maximum absolute atomic E-state index is 11.8. The predicted octanol–water partition coefficient (Wildman–Crippen LogP) is -1.78. The van der Waals surface area contributed by atoms with Crippen molar-refractivity contribution in [3.63, 3.8) is 0 Å². The molecular weight excluding hydrogens is 265 g/mol. The number of nitrogens with one attached hydrogen (secondary N) is 1. The second-order valence-corrected chi connectivity index (χ2v) is 5.15. The summed E-state index contributed by atoms with van der Waals surface area (Å²) in [5, 5.41) is 13.5. The summed E-state index contributed by atoms with van der Waals surface area (Å²) >= 11 is 0. The molecule has 20 heavy (non-hydrogen) atoms. The number of benzene rings is 1. The van der Waals surface area contributed by atoms with Crippen LogP contribution in [0.3, 0.4) is 0 Å². The summed E-state index contributed by atoms with van der Waals surface area (Å²) in [6.45, 7) is 4.42. The minimum atomic E-state index is -1.07. The number of hydrogen-bond donors (Lipinski definition) is 1. The summed E-state index contributed by atoms with van der Waals surface area (Å²) in [6, 6.07) is 8.88. The Hall–Kier alpha value is -0.840. The SMILES string of the molecule is CC(C)C[C@H](CNC(=O)c1ccccc1)CC(=O)[O-].[Na+]. The van der Waals surface area contributed by atoms with Crippen molar-refractivity contribution in [1.29, 1.82) is 0 Å². The molecule has 104 valence electrons. The number of carboxylic acid groups (broad SMARTS) is 1. The van der Waals surface area contributed by atoms with Crippen molar-refractivity contribution in [3.05, 3.63) is 35.9 Å². The minimum Gasteiger partial charge on any atom is -0.550 e. The molecule has 4 nitrogen and oxygen atoms in total. The van der Waals surface area contributed by atoms with Gasteiger partial charge in [-0.3, -0.25) is 4.79 Å². The van der Waals surface area contributed by atoms with Crippen LogP contribution in [0.1, 0.15) is 37.0 Å². The van der Waals surface area contributed by atoms with Crippen molar-refractivity contribution >= 4 is 11.9 Å². The molecule has 1 N–H and O–H groups in total. The van der Waals surface area contributed by atoms with Crippen LogP contribution in [0.2, 0.25) is 0 Å². The first-order valence-electron chi connectivity index (χ1n) is 6.52. The second-order valence-electron chi connectivity index (χ2n) is 5.15. The molecule has 0 aromatic heterocycles. The molecule has 0 spiro atoms. The number of aliphatic carboxylic acids is 1. The molecule has 1 aromatic rings. The van der Waals surface area contributed by atoms with Crippen molar-refractivity contribution in [2.24, 2.45) is 11.8 Å². The minimum absolute atomic E-state index is 0. The molecule has 5 heteroatoms. The molecule has 0 aliphatic rings. The van der Waals surface area contributed by atoms with Gasteiger partial charge < -0.3 is 15.2 Å². The zero-order valence-corrected chi connectivity index (χ0v) is 14.4. The van der Waals surface area contributed by atoms with Crippen LogP contribution in [-0.2, 0) is 4.79 Å². The fourth-order valence-electron chi connectivity index (χ4n) is 2.07. The number of rotatable bonds is 7. The first-order chi connectivity index (χ1) is 8.99. The molecule has 0 aliphatic heterocycles. The van der Waals surface area contributed by atoms with Gasteiger partial charge in [0.05, 0.1) is 0 Å². The van der Waals surface area contributed by atoms with E-state index in [1.807, 2.05) is 19.9 Å². The summed E-state index contributed by atoms with van der Waals surface area (Å²) < 4.78 is 0. The largest absolute Gasteiger partial charge is 1.00 e. The molecule has 0 saturated carbocycles. The van der Waals surface area contributed by atoms with Crippen LogP contribution in [-0.4, -0.2) is 18.4 Å². The molecule has 0 aliphatic carbocycles. The molecule has 0 radical (unpaired) electrons. The van der Waals surface area contributed by atoms with Gasteiger partial charge in [0.15, 0.2) is 0 Å². The van der Waals surface area contributed by atoms with Crippen molar-refractivity contribution in [2.45, 2.75) is 26.7 Å². The van der Waals surface area contributed by atoms with Crippen molar-refractivity contribution in [1.82, 2.24) is 5.32 Å². The van der Waals surface area contributed by atoms with E-state index in [4.69, 9.17) is 0 Å². The summed E-state index contributed by atoms with van der Waals surface area (Å²) in [7, 11) is 0. The van der Waals surface area contributed by atoms with Crippen LogP contribution in [0.15, 0.2) is 30.3 Å². The van der Waals surface area contributed by atoms with Gasteiger partial charge in [-0.1, -0.05) is 32.0 Å². The first kappa shape index (κ1) is 19.2. The monoisotopic (exact) mass is 285 g/mol. The van der Waals surface area contributed by atoms with Crippen LogP contribution in [0.4, 0.5) is 0 Å². The van der Waals surface area contributed by atoms with Gasteiger partial charge in [-0.2, -0.15) is 0 Å². The number of amides is 1. The Morgan fingerprint density at radius 3 is 2.30 bits per heavy atom. The van der Waals surface area contributed by atoms with E-state index in [9.17, 15) is 14.7 Å². The van der Waals surface area contributed by atoms with Gasteiger partial charge in [0.1, 0.15) is 0 Å². The smallest absolute Gasteiger partial charge is 0.550 e. The zero-order chi connectivity index (χ0) is 14.3. The van der Waals surface area contributed by atoms with Gasteiger partial charge in [0.2, 0.25) is 0 Å². The second kappa shape index (κ2) is 9.97. The predicted molar refractivity (Wildman–Crippen MR) is 71.3 cm³/mol. The zero-order valence-electron chi connectivity index (χ0n) is 12.4. The summed E-state index contributed by atoms with van der Waals surface area (Å²) in [6.07, 6.45) is 0.732. The van der Waals surface area contributed by atoms with Gasteiger partial charge in [-0.25, -0.2) is 0 Å². The Kier molecular flexibility index (Phi) is 9.55. The van der Waals surface area contributed by atoms with E-state index < -0.39 is 5.97 Å². The Labute approximate surface area is 142 Å².